The lowest BCUT2D eigenvalue weighted by atomic mass is 9.99. The van der Waals surface area contributed by atoms with Crippen LogP contribution in [0.15, 0.2) is 0 Å². The van der Waals surface area contributed by atoms with Crippen LogP contribution in [0.25, 0.3) is 0 Å². The summed E-state index contributed by atoms with van der Waals surface area (Å²) in [7, 11) is 0. The van der Waals surface area contributed by atoms with E-state index < -0.39 is 0 Å². The normalized spacial score (nSPS) is 28.2. The number of nitrogens with one attached hydrogen (secondary N) is 1. The van der Waals surface area contributed by atoms with Crippen molar-refractivity contribution in [1.82, 2.24) is 0 Å². The van der Waals surface area contributed by atoms with Crippen LogP contribution in [0.3, 0.4) is 0 Å². The van der Waals surface area contributed by atoms with E-state index in [1.165, 1.54) is 51.7 Å². The minimum absolute atomic E-state index is 0. The van der Waals surface area contributed by atoms with Crippen LogP contribution in [0.2, 0.25) is 0 Å². The molecule has 1 aliphatic heterocycles. The van der Waals surface area contributed by atoms with Crippen molar-refractivity contribution in [2.24, 2.45) is 5.92 Å². The molecule has 1 rings (SSSR count). The van der Waals surface area contributed by atoms with E-state index in [2.05, 4.69) is 13.8 Å². The van der Waals surface area contributed by atoms with Gasteiger partial charge in [0.25, 0.3) is 0 Å². The molecule has 0 aromatic heterocycles. The maximum absolute atomic E-state index is 2.39. The van der Waals surface area contributed by atoms with Gasteiger partial charge in [0, 0.05) is 0 Å². The number of quaternary nitrogens is 1. The van der Waals surface area contributed by atoms with E-state index in [9.17, 15) is 0 Å². The van der Waals surface area contributed by atoms with Gasteiger partial charge in [0.2, 0.25) is 0 Å². The molecule has 0 bridgehead atoms. The summed E-state index contributed by atoms with van der Waals surface area (Å²) in [6.45, 7) is 8.98. The van der Waals surface area contributed by atoms with Crippen molar-refractivity contribution < 1.29 is 9.60 Å². The third-order valence-corrected chi connectivity index (χ3v) is 3.12. The second kappa shape index (κ2) is 7.31. The summed E-state index contributed by atoms with van der Waals surface area (Å²) >= 11 is 0. The molecule has 0 amide bonds. The zero-order valence-corrected chi connectivity index (χ0v) is 9.11. The molecule has 0 unspecified atom stereocenters. The monoisotopic (exact) mass is 189 g/mol. The van der Waals surface area contributed by atoms with Gasteiger partial charge >= 0.3 is 0 Å². The Morgan fingerprint density at radius 3 is 2.31 bits per heavy atom. The maximum atomic E-state index is 2.39. The minimum atomic E-state index is 0. The number of hydrogen-bond acceptors (Lipinski definition) is 0. The Hall–Kier alpha value is -0.110. The lowest BCUT2D eigenvalue weighted by Crippen LogP contribution is -3.13. The van der Waals surface area contributed by atoms with Crippen LogP contribution in [-0.2, 0) is 0 Å². The Morgan fingerprint density at radius 2 is 1.77 bits per heavy atom. The third-order valence-electron chi connectivity index (χ3n) is 3.12. The predicted molar refractivity (Wildman–Crippen MR) is 53.5 cm³/mol. The lowest BCUT2D eigenvalue weighted by molar-refractivity contribution is -0.906. The van der Waals surface area contributed by atoms with Gasteiger partial charge in [0.15, 0.2) is 0 Å². The molecule has 1 saturated heterocycles. The topological polar surface area (TPSA) is 4.44 Å². The van der Waals surface area contributed by atoms with Crippen LogP contribution in [-0.4, -0.2) is 19.6 Å². The molecule has 0 aliphatic carbocycles. The van der Waals surface area contributed by atoms with E-state index in [1.54, 1.807) is 0 Å². The molecule has 2 heteroatoms. The second-order valence-corrected chi connectivity index (χ2v) is 4.39. The van der Waals surface area contributed by atoms with Gasteiger partial charge in [0.05, 0.1) is 19.6 Å². The standard InChI is InChI=1S/C11H23N.FH/c1-3-4-5-8-12-9-6-11(2)7-10-12;/h11H,3-10H2,1-2H3;1H. The van der Waals surface area contributed by atoms with Gasteiger partial charge < -0.3 is 9.60 Å². The molecule has 1 nitrogen and oxygen atoms in total. The van der Waals surface area contributed by atoms with Gasteiger partial charge in [-0.1, -0.05) is 20.3 Å². The molecule has 80 valence electrons. The molecule has 1 N–H and O–H groups in total. The highest BCUT2D eigenvalue weighted by Gasteiger charge is 2.17. The van der Waals surface area contributed by atoms with Crippen LogP contribution >= 0.6 is 0 Å². The van der Waals surface area contributed by atoms with Crippen LogP contribution in [0, 0.1) is 5.92 Å². The van der Waals surface area contributed by atoms with Crippen LogP contribution in [0.5, 0.6) is 0 Å². The molecule has 1 aliphatic rings. The van der Waals surface area contributed by atoms with E-state index in [-0.39, 0.29) is 4.70 Å². The first-order valence-electron chi connectivity index (χ1n) is 5.66. The first kappa shape index (κ1) is 12.9. The summed E-state index contributed by atoms with van der Waals surface area (Å²) in [5.74, 6) is 1.000. The number of rotatable bonds is 4. The molecule has 1 fully saturated rings. The summed E-state index contributed by atoms with van der Waals surface area (Å²) in [5.41, 5.74) is 0. The smallest absolute Gasteiger partial charge is 0.0773 e. The highest BCUT2D eigenvalue weighted by Crippen LogP contribution is 2.06. The van der Waals surface area contributed by atoms with Crippen molar-refractivity contribution in [3.8, 4) is 0 Å². The number of unbranched alkanes of at least 4 members (excludes halogenated alkanes) is 2. The van der Waals surface area contributed by atoms with Crippen molar-refractivity contribution in [2.75, 3.05) is 19.6 Å². The van der Waals surface area contributed by atoms with Gasteiger partial charge in [-0.15, -0.1) is 0 Å². The minimum Gasteiger partial charge on any atom is -1.00 e. The highest BCUT2D eigenvalue weighted by molar-refractivity contribution is 4.55. The number of halogens is 1. The van der Waals surface area contributed by atoms with Gasteiger partial charge in [-0.3, -0.25) is 0 Å². The van der Waals surface area contributed by atoms with Crippen molar-refractivity contribution in [2.45, 2.75) is 46.0 Å². The number of piperidine rings is 1. The van der Waals surface area contributed by atoms with E-state index in [1.807, 2.05) is 4.90 Å². The van der Waals surface area contributed by atoms with Crippen LogP contribution in [0.4, 0.5) is 0 Å². The maximum Gasteiger partial charge on any atom is 0.0773 e. The summed E-state index contributed by atoms with van der Waals surface area (Å²) < 4.78 is 0. The van der Waals surface area contributed by atoms with E-state index in [4.69, 9.17) is 0 Å². The van der Waals surface area contributed by atoms with Gasteiger partial charge in [-0.25, -0.2) is 0 Å². The zero-order valence-electron chi connectivity index (χ0n) is 9.11. The van der Waals surface area contributed by atoms with Gasteiger partial charge in [0.1, 0.15) is 0 Å². The molecule has 0 saturated carbocycles. The van der Waals surface area contributed by atoms with E-state index in [0.29, 0.717) is 0 Å². The SMILES string of the molecule is CCCCC[NH+]1CCC(C)CC1.[F-]. The molecular weight excluding hydrogens is 165 g/mol. The molecule has 0 radical (unpaired) electrons. The summed E-state index contributed by atoms with van der Waals surface area (Å²) in [6, 6.07) is 0. The molecule has 0 atom stereocenters. The summed E-state index contributed by atoms with van der Waals surface area (Å²) in [4.78, 5) is 1.86. The Kier molecular flexibility index (Phi) is 7.25. The van der Waals surface area contributed by atoms with Crippen molar-refractivity contribution in [3.63, 3.8) is 0 Å². The second-order valence-electron chi connectivity index (χ2n) is 4.39. The fraction of sp³-hybridized carbons (Fsp3) is 1.00. The number of likely N-dealkylation sites (tertiary alicyclic amines) is 1. The van der Waals surface area contributed by atoms with Crippen LogP contribution in [0.1, 0.15) is 46.0 Å². The fourth-order valence-electron chi connectivity index (χ4n) is 2.05. The van der Waals surface area contributed by atoms with Gasteiger partial charge in [-0.2, -0.15) is 0 Å². The van der Waals surface area contributed by atoms with Crippen LogP contribution < -0.4 is 9.60 Å². The number of hydrogen-bond donors (Lipinski definition) is 1. The molecule has 13 heavy (non-hydrogen) atoms. The Balaban J connectivity index is 0.00000144. The Labute approximate surface area is 81.9 Å². The van der Waals surface area contributed by atoms with E-state index >= 15 is 0 Å². The fourth-order valence-corrected chi connectivity index (χ4v) is 2.05. The Morgan fingerprint density at radius 1 is 1.15 bits per heavy atom. The van der Waals surface area contributed by atoms with Crippen molar-refractivity contribution in [1.29, 1.82) is 0 Å². The predicted octanol–water partition coefficient (Wildman–Crippen LogP) is -1.50. The molecule has 1 heterocycles. The van der Waals surface area contributed by atoms with E-state index in [0.717, 1.165) is 5.92 Å². The summed E-state index contributed by atoms with van der Waals surface area (Å²) in [5, 5.41) is 0. The highest BCUT2D eigenvalue weighted by atomic mass is 19.0. The average molecular weight is 189 g/mol. The third kappa shape index (κ3) is 5.25. The lowest BCUT2D eigenvalue weighted by Gasteiger charge is -2.27. The van der Waals surface area contributed by atoms with Crippen molar-refractivity contribution >= 4 is 0 Å². The molecular formula is C11H24FN. The molecule has 0 aromatic rings. The average Bonchev–Trinajstić information content (AvgIpc) is 2.09. The van der Waals surface area contributed by atoms with Crippen molar-refractivity contribution in [3.05, 3.63) is 0 Å². The first-order valence-corrected chi connectivity index (χ1v) is 5.66. The largest absolute Gasteiger partial charge is 1.00 e. The molecule has 0 spiro atoms. The Bertz CT molecular complexity index is 109. The molecule has 0 aromatic carbocycles. The first-order chi connectivity index (χ1) is 5.83. The summed E-state index contributed by atoms with van der Waals surface area (Å²) in [6.07, 6.45) is 7.16. The zero-order chi connectivity index (χ0) is 8.81. The van der Waals surface area contributed by atoms with Gasteiger partial charge in [-0.05, 0) is 31.6 Å². The quantitative estimate of drug-likeness (QED) is 0.513.